The Kier molecular flexibility index (Phi) is 8.26. The summed E-state index contributed by atoms with van der Waals surface area (Å²) in [5, 5.41) is 22.6. The molecule has 0 spiro atoms. The van der Waals surface area contributed by atoms with Crippen LogP contribution in [0.1, 0.15) is 43.4 Å². The number of carboxylic acids is 1. The molecule has 1 aromatic heterocycles. The van der Waals surface area contributed by atoms with Gasteiger partial charge in [0.05, 0.1) is 18.1 Å². The van der Waals surface area contributed by atoms with E-state index in [4.69, 9.17) is 14.4 Å². The number of fused-ring (bicyclic) bond motifs is 1. The maximum Gasteiger partial charge on any atom is 0.304 e. The van der Waals surface area contributed by atoms with Crippen LogP contribution in [0.2, 0.25) is 0 Å². The number of carboxylic acid groups (broad SMARTS) is 1. The number of benzene rings is 2. The molecule has 0 saturated carbocycles. The van der Waals surface area contributed by atoms with Gasteiger partial charge in [0.15, 0.2) is 0 Å². The first-order chi connectivity index (χ1) is 15.9. The molecule has 3 aromatic rings. The molecule has 1 aliphatic heterocycles. The van der Waals surface area contributed by atoms with Crippen molar-refractivity contribution < 1.29 is 19.2 Å². The van der Waals surface area contributed by atoms with Gasteiger partial charge in [-0.15, -0.1) is 12.4 Å². The van der Waals surface area contributed by atoms with Crippen molar-refractivity contribution >= 4 is 18.4 Å². The molecule has 0 unspecified atom stereocenters. The molecule has 4 rings (SSSR count). The number of ether oxygens (including phenoxy) is 1. The fraction of sp³-hybridized carbons (Fsp3) is 0.360. The van der Waals surface area contributed by atoms with E-state index in [9.17, 15) is 10.1 Å². The molecule has 0 saturated heterocycles. The van der Waals surface area contributed by atoms with Crippen LogP contribution < -0.4 is 4.74 Å². The molecule has 2 heterocycles. The molecular formula is C25H27ClN4O4. The van der Waals surface area contributed by atoms with Gasteiger partial charge in [0.1, 0.15) is 11.8 Å². The molecule has 2 aromatic carbocycles. The predicted molar refractivity (Wildman–Crippen MR) is 129 cm³/mol. The first-order valence-electron chi connectivity index (χ1n) is 11.0. The molecule has 0 amide bonds. The topological polar surface area (TPSA) is 112 Å². The molecule has 178 valence electrons. The Morgan fingerprint density at radius 3 is 2.76 bits per heavy atom. The molecule has 0 radical (unpaired) electrons. The standard InChI is InChI=1S/C25H26N4O4.ClH/c1-16(2)32-22-8-7-19(13-21(22)14-26)25-27-24(28-33-25)18-5-6-20-15-29(11-9-23(30)31)10-3-4-17(20)12-18;/h5-8,12-13,16H,3-4,9-11,15H2,1-2H3,(H,30,31);1H. The number of nitrogens with zero attached hydrogens (tertiary/aromatic N) is 4. The van der Waals surface area contributed by atoms with E-state index in [0.717, 1.165) is 31.5 Å². The lowest BCUT2D eigenvalue weighted by molar-refractivity contribution is -0.137. The molecule has 9 heteroatoms. The monoisotopic (exact) mass is 482 g/mol. The number of aromatic nitrogens is 2. The molecule has 1 aliphatic rings. The summed E-state index contributed by atoms with van der Waals surface area (Å²) < 4.78 is 11.2. The zero-order chi connectivity index (χ0) is 23.4. The van der Waals surface area contributed by atoms with Crippen molar-refractivity contribution in [2.45, 2.75) is 45.8 Å². The molecule has 34 heavy (non-hydrogen) atoms. The number of nitriles is 1. The minimum absolute atomic E-state index is 0. The highest BCUT2D eigenvalue weighted by molar-refractivity contribution is 5.85. The molecule has 0 fully saturated rings. The quantitative estimate of drug-likeness (QED) is 0.515. The zero-order valence-corrected chi connectivity index (χ0v) is 20.0. The fourth-order valence-corrected chi connectivity index (χ4v) is 3.97. The van der Waals surface area contributed by atoms with Crippen molar-refractivity contribution in [3.8, 4) is 34.7 Å². The summed E-state index contributed by atoms with van der Waals surface area (Å²) in [6.45, 7) is 5.99. The number of aliphatic carboxylic acids is 1. The zero-order valence-electron chi connectivity index (χ0n) is 19.2. The van der Waals surface area contributed by atoms with Crippen LogP contribution in [0.4, 0.5) is 0 Å². The van der Waals surface area contributed by atoms with E-state index < -0.39 is 5.97 Å². The lowest BCUT2D eigenvalue weighted by Gasteiger charge is -2.19. The molecule has 0 aliphatic carbocycles. The van der Waals surface area contributed by atoms with Crippen molar-refractivity contribution in [3.63, 3.8) is 0 Å². The van der Waals surface area contributed by atoms with Gasteiger partial charge < -0.3 is 14.4 Å². The SMILES string of the molecule is CC(C)Oc1ccc(-c2nc(-c3ccc4c(c3)CCCN(CCC(=O)O)C4)no2)cc1C#N.Cl. The molecular weight excluding hydrogens is 456 g/mol. The minimum Gasteiger partial charge on any atom is -0.490 e. The second-order valence-electron chi connectivity index (χ2n) is 8.42. The summed E-state index contributed by atoms with van der Waals surface area (Å²) in [5.74, 6) is 0.582. The van der Waals surface area contributed by atoms with Gasteiger partial charge in [0.2, 0.25) is 5.82 Å². The Hall–Kier alpha value is -3.41. The van der Waals surface area contributed by atoms with Gasteiger partial charge in [-0.1, -0.05) is 17.3 Å². The highest BCUT2D eigenvalue weighted by atomic mass is 35.5. The predicted octanol–water partition coefficient (Wildman–Crippen LogP) is 4.71. The van der Waals surface area contributed by atoms with Gasteiger partial charge in [-0.3, -0.25) is 9.69 Å². The van der Waals surface area contributed by atoms with E-state index in [1.54, 1.807) is 18.2 Å². The van der Waals surface area contributed by atoms with Crippen LogP contribution in [0.5, 0.6) is 5.75 Å². The van der Waals surface area contributed by atoms with Crippen molar-refractivity contribution in [1.29, 1.82) is 5.26 Å². The number of hydrogen-bond acceptors (Lipinski definition) is 7. The van der Waals surface area contributed by atoms with Crippen molar-refractivity contribution in [2.75, 3.05) is 13.1 Å². The Bertz CT molecular complexity index is 1200. The number of halogens is 1. The summed E-state index contributed by atoms with van der Waals surface area (Å²) in [5.41, 5.74) is 4.36. The van der Waals surface area contributed by atoms with Crippen molar-refractivity contribution in [1.82, 2.24) is 15.0 Å². The highest BCUT2D eigenvalue weighted by Crippen LogP contribution is 2.29. The average molecular weight is 483 g/mol. The highest BCUT2D eigenvalue weighted by Gasteiger charge is 2.18. The van der Waals surface area contributed by atoms with Crippen LogP contribution in [-0.4, -0.2) is 45.3 Å². The summed E-state index contributed by atoms with van der Waals surface area (Å²) in [4.78, 5) is 17.6. The van der Waals surface area contributed by atoms with Crippen LogP contribution in [0.25, 0.3) is 22.8 Å². The van der Waals surface area contributed by atoms with Gasteiger partial charge in [-0.05, 0) is 68.6 Å². The van der Waals surface area contributed by atoms with Crippen LogP contribution in [0, 0.1) is 11.3 Å². The molecule has 0 atom stereocenters. The molecule has 0 bridgehead atoms. The maximum atomic E-state index is 10.9. The van der Waals surface area contributed by atoms with Crippen LogP contribution in [0.3, 0.4) is 0 Å². The van der Waals surface area contributed by atoms with Crippen LogP contribution in [-0.2, 0) is 17.8 Å². The molecule has 8 nitrogen and oxygen atoms in total. The Balaban J connectivity index is 0.00000324. The Morgan fingerprint density at radius 1 is 1.24 bits per heavy atom. The van der Waals surface area contributed by atoms with Gasteiger partial charge in [0, 0.05) is 24.2 Å². The Morgan fingerprint density at radius 2 is 2.03 bits per heavy atom. The second-order valence-corrected chi connectivity index (χ2v) is 8.42. The lowest BCUT2D eigenvalue weighted by atomic mass is 10.0. The third kappa shape index (κ3) is 5.93. The number of aryl methyl sites for hydroxylation is 1. The van der Waals surface area contributed by atoms with Crippen LogP contribution in [0.15, 0.2) is 40.9 Å². The first-order valence-corrected chi connectivity index (χ1v) is 11.0. The van der Waals surface area contributed by atoms with E-state index >= 15 is 0 Å². The van der Waals surface area contributed by atoms with Gasteiger partial charge >= 0.3 is 5.97 Å². The van der Waals surface area contributed by atoms with E-state index in [-0.39, 0.29) is 24.9 Å². The van der Waals surface area contributed by atoms with E-state index in [1.807, 2.05) is 19.9 Å². The van der Waals surface area contributed by atoms with Gasteiger partial charge in [-0.25, -0.2) is 0 Å². The number of rotatable bonds is 7. The lowest BCUT2D eigenvalue weighted by Crippen LogP contribution is -2.26. The van der Waals surface area contributed by atoms with Gasteiger partial charge in [0.25, 0.3) is 5.89 Å². The van der Waals surface area contributed by atoms with E-state index in [0.29, 0.717) is 35.1 Å². The maximum absolute atomic E-state index is 10.9. The van der Waals surface area contributed by atoms with E-state index in [1.165, 1.54) is 11.1 Å². The van der Waals surface area contributed by atoms with Crippen molar-refractivity contribution in [3.05, 3.63) is 53.1 Å². The third-order valence-electron chi connectivity index (χ3n) is 5.56. The summed E-state index contributed by atoms with van der Waals surface area (Å²) in [6, 6.07) is 13.5. The van der Waals surface area contributed by atoms with Crippen LogP contribution >= 0.6 is 12.4 Å². The summed E-state index contributed by atoms with van der Waals surface area (Å²) in [6.07, 6.45) is 2.00. The third-order valence-corrected chi connectivity index (χ3v) is 5.56. The largest absolute Gasteiger partial charge is 0.490 e. The van der Waals surface area contributed by atoms with Gasteiger partial charge in [-0.2, -0.15) is 10.2 Å². The number of hydrogen-bond donors (Lipinski definition) is 1. The van der Waals surface area contributed by atoms with Crippen molar-refractivity contribution in [2.24, 2.45) is 0 Å². The normalized spacial score (nSPS) is 13.5. The summed E-state index contributed by atoms with van der Waals surface area (Å²) >= 11 is 0. The van der Waals surface area contributed by atoms with E-state index in [2.05, 4.69) is 33.2 Å². The smallest absolute Gasteiger partial charge is 0.304 e. The number of carbonyl (C=O) groups is 1. The minimum atomic E-state index is -0.772. The fourth-order valence-electron chi connectivity index (χ4n) is 3.97. The molecule has 1 N–H and O–H groups in total. The summed E-state index contributed by atoms with van der Waals surface area (Å²) in [7, 11) is 0. The second kappa shape index (κ2) is 11.1. The first kappa shape index (κ1) is 25.2. The Labute approximate surface area is 204 Å². The average Bonchev–Trinajstić information content (AvgIpc) is 3.19.